The lowest BCUT2D eigenvalue weighted by molar-refractivity contribution is -0.107. The fourth-order valence-corrected chi connectivity index (χ4v) is 3.42. The monoisotopic (exact) mass is 459 g/mol. The van der Waals surface area contributed by atoms with E-state index in [-0.39, 0.29) is 19.1 Å². The van der Waals surface area contributed by atoms with Gasteiger partial charge in [0.25, 0.3) is 5.91 Å². The first-order chi connectivity index (χ1) is 16.6. The van der Waals surface area contributed by atoms with E-state index >= 15 is 0 Å². The lowest BCUT2D eigenvalue weighted by atomic mass is 10.2. The first kappa shape index (κ1) is 22.7. The Morgan fingerprint density at radius 2 is 1.85 bits per heavy atom. The van der Waals surface area contributed by atoms with Crippen molar-refractivity contribution in [1.82, 2.24) is 0 Å². The van der Waals surface area contributed by atoms with Gasteiger partial charge in [0.1, 0.15) is 12.4 Å². The minimum atomic E-state index is -0.270. The molecule has 0 radical (unpaired) electrons. The third kappa shape index (κ3) is 5.12. The predicted octanol–water partition coefficient (Wildman–Crippen LogP) is 4.71. The fraction of sp³-hybridized carbons (Fsp3) is 0.154. The van der Waals surface area contributed by atoms with Gasteiger partial charge in [0, 0.05) is 17.0 Å². The van der Waals surface area contributed by atoms with Gasteiger partial charge in [-0.1, -0.05) is 24.3 Å². The van der Waals surface area contributed by atoms with Crippen molar-refractivity contribution >= 4 is 40.5 Å². The van der Waals surface area contributed by atoms with E-state index in [1.807, 2.05) is 25.1 Å². The van der Waals surface area contributed by atoms with Crippen LogP contribution in [0.5, 0.6) is 11.5 Å². The molecule has 0 saturated heterocycles. The van der Waals surface area contributed by atoms with Gasteiger partial charge in [0.2, 0.25) is 12.3 Å². The summed E-state index contributed by atoms with van der Waals surface area (Å²) in [6.45, 7) is 2.93. The number of para-hydroxylation sites is 3. The third-order valence-corrected chi connectivity index (χ3v) is 5.13. The molecule has 3 aromatic carbocycles. The summed E-state index contributed by atoms with van der Waals surface area (Å²) in [5.41, 5.74) is 7.99. The van der Waals surface area contributed by atoms with Gasteiger partial charge < -0.3 is 24.9 Å². The topological polar surface area (TPSA) is 107 Å². The number of hydrogen-bond donors (Lipinski definition) is 2. The molecule has 8 heteroatoms. The van der Waals surface area contributed by atoms with E-state index in [1.165, 1.54) is 4.90 Å². The normalized spacial score (nSPS) is 10.6. The van der Waals surface area contributed by atoms with E-state index < -0.39 is 0 Å². The number of benzene rings is 3. The molecule has 0 saturated carbocycles. The number of nitrogens with one attached hydrogen (secondary N) is 1. The number of ether oxygens (including phenoxy) is 2. The Balaban J connectivity index is 1.35. The fourth-order valence-electron chi connectivity index (χ4n) is 3.42. The molecule has 2 amide bonds. The number of furan rings is 1. The summed E-state index contributed by atoms with van der Waals surface area (Å²) >= 11 is 0. The number of nitrogens with two attached hydrogens (primary N) is 1. The van der Waals surface area contributed by atoms with Crippen LogP contribution in [0.15, 0.2) is 77.2 Å². The van der Waals surface area contributed by atoms with Crippen LogP contribution in [0.2, 0.25) is 0 Å². The summed E-state index contributed by atoms with van der Waals surface area (Å²) in [7, 11) is 0. The van der Waals surface area contributed by atoms with E-state index in [0.29, 0.717) is 52.9 Å². The molecular formula is C26H25N3O5. The lowest BCUT2D eigenvalue weighted by Gasteiger charge is -2.15. The van der Waals surface area contributed by atoms with Gasteiger partial charge in [-0.05, 0) is 49.4 Å². The number of rotatable bonds is 10. The molecule has 4 aromatic rings. The quantitative estimate of drug-likeness (QED) is 0.263. The minimum Gasteiger partial charge on any atom is -0.492 e. The molecule has 3 N–H and O–H groups in total. The molecule has 34 heavy (non-hydrogen) atoms. The second kappa shape index (κ2) is 10.4. The Hall–Kier alpha value is -4.46. The van der Waals surface area contributed by atoms with Crippen molar-refractivity contribution in [3.63, 3.8) is 0 Å². The van der Waals surface area contributed by atoms with E-state index in [4.69, 9.17) is 19.6 Å². The van der Waals surface area contributed by atoms with Crippen molar-refractivity contribution in [2.24, 2.45) is 0 Å². The van der Waals surface area contributed by atoms with E-state index in [0.717, 1.165) is 5.39 Å². The van der Waals surface area contributed by atoms with Gasteiger partial charge in [-0.3, -0.25) is 14.5 Å². The lowest BCUT2D eigenvalue weighted by Crippen LogP contribution is -2.26. The van der Waals surface area contributed by atoms with Crippen LogP contribution in [-0.2, 0) is 4.79 Å². The van der Waals surface area contributed by atoms with Crippen LogP contribution in [0, 0.1) is 0 Å². The number of hydrogen-bond acceptors (Lipinski definition) is 6. The molecule has 1 heterocycles. The van der Waals surface area contributed by atoms with Gasteiger partial charge in [-0.2, -0.15) is 0 Å². The van der Waals surface area contributed by atoms with Crippen molar-refractivity contribution in [2.45, 2.75) is 6.92 Å². The standard InChI is InChI=1S/C26H25N3O5/c1-2-32-23-9-5-6-19-16-24(34-25(19)23)29(17-30)14-15-33-20-12-10-18(11-13-20)26(31)28-22-8-4-3-7-21(22)27/h3-13,16-17H,2,14-15,27H2,1H3,(H,28,31). The smallest absolute Gasteiger partial charge is 0.255 e. The van der Waals surface area contributed by atoms with Crippen LogP contribution in [-0.4, -0.2) is 32.1 Å². The highest BCUT2D eigenvalue weighted by atomic mass is 16.5. The molecule has 1 aromatic heterocycles. The molecule has 0 atom stereocenters. The van der Waals surface area contributed by atoms with Crippen LogP contribution in [0.1, 0.15) is 17.3 Å². The number of anilines is 3. The molecule has 4 rings (SSSR count). The van der Waals surface area contributed by atoms with Crippen molar-refractivity contribution < 1.29 is 23.5 Å². The number of fused-ring (bicyclic) bond motifs is 1. The van der Waals surface area contributed by atoms with E-state index in [2.05, 4.69) is 5.32 Å². The number of nitrogens with zero attached hydrogens (tertiary/aromatic N) is 1. The summed E-state index contributed by atoms with van der Waals surface area (Å²) in [6, 6.07) is 21.2. The number of nitrogen functional groups attached to an aromatic ring is 1. The SMILES string of the molecule is CCOc1cccc2cc(N(C=O)CCOc3ccc(C(=O)Nc4ccccc4N)cc3)oc12. The van der Waals surface area contributed by atoms with Gasteiger partial charge >= 0.3 is 0 Å². The van der Waals surface area contributed by atoms with Crippen LogP contribution >= 0.6 is 0 Å². The Kier molecular flexibility index (Phi) is 6.98. The van der Waals surface area contributed by atoms with Crippen molar-refractivity contribution in [3.05, 3.63) is 78.4 Å². The maximum absolute atomic E-state index is 12.4. The first-order valence-electron chi connectivity index (χ1n) is 10.8. The summed E-state index contributed by atoms with van der Waals surface area (Å²) in [6.07, 6.45) is 0.699. The first-order valence-corrected chi connectivity index (χ1v) is 10.8. The highest BCUT2D eigenvalue weighted by molar-refractivity contribution is 6.05. The molecule has 0 fully saturated rings. The third-order valence-electron chi connectivity index (χ3n) is 5.13. The Morgan fingerprint density at radius 3 is 2.59 bits per heavy atom. The molecule has 0 aliphatic heterocycles. The average Bonchev–Trinajstić information content (AvgIpc) is 3.29. The van der Waals surface area contributed by atoms with Crippen LogP contribution in [0.25, 0.3) is 11.0 Å². The second-order valence-corrected chi connectivity index (χ2v) is 7.41. The maximum Gasteiger partial charge on any atom is 0.255 e. The zero-order chi connectivity index (χ0) is 23.9. The summed E-state index contributed by atoms with van der Waals surface area (Å²) in [5, 5.41) is 3.63. The Labute approximate surface area is 196 Å². The van der Waals surface area contributed by atoms with Crippen LogP contribution in [0.4, 0.5) is 17.3 Å². The Morgan fingerprint density at radius 1 is 1.06 bits per heavy atom. The van der Waals surface area contributed by atoms with Crippen LogP contribution in [0.3, 0.4) is 0 Å². The largest absolute Gasteiger partial charge is 0.492 e. The molecule has 0 spiro atoms. The van der Waals surface area contributed by atoms with Gasteiger partial charge in [-0.15, -0.1) is 0 Å². The molecular weight excluding hydrogens is 434 g/mol. The van der Waals surface area contributed by atoms with E-state index in [1.54, 1.807) is 54.6 Å². The highest BCUT2D eigenvalue weighted by Crippen LogP contribution is 2.32. The molecule has 174 valence electrons. The molecule has 0 aliphatic carbocycles. The average molecular weight is 460 g/mol. The van der Waals surface area contributed by atoms with Crippen LogP contribution < -0.4 is 25.4 Å². The van der Waals surface area contributed by atoms with Crippen molar-refractivity contribution in [3.8, 4) is 11.5 Å². The number of carbonyl (C=O) groups excluding carboxylic acids is 2. The highest BCUT2D eigenvalue weighted by Gasteiger charge is 2.15. The van der Waals surface area contributed by atoms with Gasteiger partial charge in [0.05, 0.1) is 24.5 Å². The zero-order valence-electron chi connectivity index (χ0n) is 18.7. The van der Waals surface area contributed by atoms with E-state index in [9.17, 15) is 9.59 Å². The summed E-state index contributed by atoms with van der Waals surface area (Å²) in [5.74, 6) is 1.35. The van der Waals surface area contributed by atoms with Gasteiger partial charge in [-0.25, -0.2) is 0 Å². The van der Waals surface area contributed by atoms with Crippen molar-refractivity contribution in [1.29, 1.82) is 0 Å². The molecule has 0 unspecified atom stereocenters. The Bertz CT molecular complexity index is 1280. The zero-order valence-corrected chi connectivity index (χ0v) is 18.7. The molecule has 0 bridgehead atoms. The minimum absolute atomic E-state index is 0.236. The van der Waals surface area contributed by atoms with Gasteiger partial charge in [0.15, 0.2) is 11.3 Å². The maximum atomic E-state index is 12.4. The molecule has 0 aliphatic rings. The second-order valence-electron chi connectivity index (χ2n) is 7.41. The van der Waals surface area contributed by atoms with Crippen molar-refractivity contribution in [2.75, 3.05) is 35.7 Å². The number of carbonyl (C=O) groups is 2. The molecule has 8 nitrogen and oxygen atoms in total. The number of amides is 2. The predicted molar refractivity (Wildman–Crippen MR) is 132 cm³/mol. The summed E-state index contributed by atoms with van der Waals surface area (Å²) in [4.78, 5) is 25.5. The summed E-state index contributed by atoms with van der Waals surface area (Å²) < 4.78 is 17.2.